The lowest BCUT2D eigenvalue weighted by molar-refractivity contribution is -0.150. The van der Waals surface area contributed by atoms with Gasteiger partial charge in [-0.15, -0.1) is 0 Å². The summed E-state index contributed by atoms with van der Waals surface area (Å²) in [5.41, 5.74) is 0.692. The van der Waals surface area contributed by atoms with Crippen LogP contribution in [-0.2, 0) is 23.9 Å². The molecule has 0 saturated heterocycles. The van der Waals surface area contributed by atoms with E-state index in [2.05, 4.69) is 24.5 Å². The first kappa shape index (κ1) is 24.4. The third-order valence-electron chi connectivity index (χ3n) is 2.07. The molecular weight excluding hydrogens is 340 g/mol. The van der Waals surface area contributed by atoms with Crippen molar-refractivity contribution in [3.63, 3.8) is 0 Å². The Morgan fingerprint density at radius 1 is 0.923 bits per heavy atom. The second-order valence-electron chi connectivity index (χ2n) is 3.92. The molecule has 7 heteroatoms. The molecule has 0 radical (unpaired) electrons. The predicted octanol–water partition coefficient (Wildman–Crippen LogP) is 2.31. The summed E-state index contributed by atoms with van der Waals surface area (Å²) < 4.78 is 3.97. The summed E-state index contributed by atoms with van der Waals surface area (Å²) in [4.78, 5) is 49.0. The van der Waals surface area contributed by atoms with Gasteiger partial charge in [0.1, 0.15) is 6.29 Å². The highest BCUT2D eigenvalue weighted by molar-refractivity contribution is 6.05. The van der Waals surface area contributed by atoms with Crippen LogP contribution < -0.4 is 0 Å². The van der Waals surface area contributed by atoms with Crippen LogP contribution in [0.15, 0.2) is 80.4 Å². The van der Waals surface area contributed by atoms with E-state index in [1.807, 2.05) is 18.2 Å². The minimum Gasteiger partial charge on any atom is -0.478 e. The van der Waals surface area contributed by atoms with Gasteiger partial charge < -0.3 is 9.84 Å². The van der Waals surface area contributed by atoms with E-state index in [1.165, 1.54) is 12.2 Å². The molecule has 136 valence electrons. The number of ketones is 1. The molecule has 1 aliphatic rings. The van der Waals surface area contributed by atoms with E-state index in [9.17, 15) is 19.2 Å². The molecule has 1 aromatic carbocycles. The molecule has 0 bridgehead atoms. The van der Waals surface area contributed by atoms with Gasteiger partial charge in [-0.2, -0.15) is 0 Å². The van der Waals surface area contributed by atoms with Crippen LogP contribution in [-0.4, -0.2) is 35.1 Å². The Hall–Kier alpha value is -3.87. The average molecular weight is 358 g/mol. The van der Waals surface area contributed by atoms with E-state index >= 15 is 0 Å². The van der Waals surface area contributed by atoms with Crippen LogP contribution in [0.4, 0.5) is 0 Å². The molecule has 0 aliphatic carbocycles. The molecule has 1 aliphatic heterocycles. The summed E-state index contributed by atoms with van der Waals surface area (Å²) >= 11 is 0. The summed E-state index contributed by atoms with van der Waals surface area (Å²) in [5, 5.41) is 7.60. The summed E-state index contributed by atoms with van der Waals surface area (Å²) in [5.74, 6) is -2.17. The van der Waals surface area contributed by atoms with Crippen LogP contribution in [0.25, 0.3) is 0 Å². The van der Waals surface area contributed by atoms with Gasteiger partial charge in [-0.1, -0.05) is 50.1 Å². The molecule has 1 N–H and O–H groups in total. The van der Waals surface area contributed by atoms with E-state index < -0.39 is 17.9 Å². The molecule has 1 aromatic rings. The molecule has 0 saturated carbocycles. The van der Waals surface area contributed by atoms with Crippen LogP contribution in [0.2, 0.25) is 0 Å². The van der Waals surface area contributed by atoms with E-state index in [0.29, 0.717) is 11.8 Å². The van der Waals surface area contributed by atoms with Gasteiger partial charge in [0.25, 0.3) is 0 Å². The van der Waals surface area contributed by atoms with Gasteiger partial charge in [0.15, 0.2) is 5.78 Å². The van der Waals surface area contributed by atoms with Gasteiger partial charge in [-0.3, -0.25) is 9.59 Å². The average Bonchev–Trinajstić information content (AvgIpc) is 3.05. The van der Waals surface area contributed by atoms with Gasteiger partial charge in [0.2, 0.25) is 0 Å². The standard InChI is InChI=1S/C9H8O.C4H2O3.C3H4O2.C3H4O/c1-2-9(10)8-6-4-3-5-7-8;5-3-1-2-4(6)7-3;1-2-3(4)5;1-2-3-4/h2-7H,1H2;1-2H;2H,1H2,(H,4,5);2-3H,1H2. The maximum Gasteiger partial charge on any atom is 0.338 e. The minimum atomic E-state index is -0.981. The third kappa shape index (κ3) is 15.0. The number of carbonyl (C=O) groups is 5. The molecule has 1 heterocycles. The highest BCUT2D eigenvalue weighted by Crippen LogP contribution is 1.99. The Morgan fingerprint density at radius 3 is 1.58 bits per heavy atom. The smallest absolute Gasteiger partial charge is 0.338 e. The zero-order valence-corrected chi connectivity index (χ0v) is 13.9. The number of carbonyl (C=O) groups excluding carboxylic acids is 4. The monoisotopic (exact) mass is 358 g/mol. The number of carboxylic acids is 1. The first-order valence-corrected chi connectivity index (χ1v) is 6.89. The number of cyclic esters (lactones) is 2. The van der Waals surface area contributed by atoms with E-state index in [4.69, 9.17) is 9.90 Å². The van der Waals surface area contributed by atoms with Crippen molar-refractivity contribution in [2.45, 2.75) is 0 Å². The number of esters is 2. The first-order valence-electron chi connectivity index (χ1n) is 6.89. The lowest BCUT2D eigenvalue weighted by Crippen LogP contribution is -1.96. The van der Waals surface area contributed by atoms with E-state index in [0.717, 1.165) is 18.2 Å². The molecule has 7 nitrogen and oxygen atoms in total. The van der Waals surface area contributed by atoms with Gasteiger partial charge in [0.05, 0.1) is 0 Å². The molecular formula is C19H18O7. The van der Waals surface area contributed by atoms with Crippen LogP contribution in [0, 0.1) is 0 Å². The highest BCUT2D eigenvalue weighted by atomic mass is 16.6. The third-order valence-corrected chi connectivity index (χ3v) is 2.07. The Labute approximate surface area is 150 Å². The maximum absolute atomic E-state index is 10.9. The number of allylic oxidation sites excluding steroid dienone is 2. The second kappa shape index (κ2) is 16.0. The Morgan fingerprint density at radius 2 is 1.35 bits per heavy atom. The Bertz CT molecular complexity index is 663. The number of benzene rings is 1. The number of aliphatic carboxylic acids is 1. The van der Waals surface area contributed by atoms with Crippen molar-refractivity contribution < 1.29 is 33.8 Å². The van der Waals surface area contributed by atoms with Gasteiger partial charge in [-0.25, -0.2) is 14.4 Å². The fraction of sp³-hybridized carbons (Fsp3) is 0. The molecule has 0 aromatic heterocycles. The van der Waals surface area contributed by atoms with Crippen molar-refractivity contribution >= 4 is 30.0 Å². The first-order chi connectivity index (χ1) is 12.3. The zero-order valence-electron chi connectivity index (χ0n) is 13.9. The minimum absolute atomic E-state index is 0.0272. The fourth-order valence-corrected chi connectivity index (χ4v) is 1.02. The van der Waals surface area contributed by atoms with Crippen molar-refractivity contribution in [1.82, 2.24) is 0 Å². The molecule has 0 atom stereocenters. The van der Waals surface area contributed by atoms with Gasteiger partial charge in [0, 0.05) is 23.8 Å². The lowest BCUT2D eigenvalue weighted by atomic mass is 10.1. The second-order valence-corrected chi connectivity index (χ2v) is 3.92. The topological polar surface area (TPSA) is 115 Å². The van der Waals surface area contributed by atoms with Crippen LogP contribution in [0.1, 0.15) is 10.4 Å². The zero-order chi connectivity index (χ0) is 20.4. The largest absolute Gasteiger partial charge is 0.478 e. The molecule has 0 unspecified atom stereocenters. The number of rotatable bonds is 4. The number of ether oxygens (including phenoxy) is 1. The summed E-state index contributed by atoms with van der Waals surface area (Å²) in [6.45, 7) is 9.46. The lowest BCUT2D eigenvalue weighted by Gasteiger charge is -1.90. The number of hydrogen-bond donors (Lipinski definition) is 1. The fourth-order valence-electron chi connectivity index (χ4n) is 1.02. The summed E-state index contributed by atoms with van der Waals surface area (Å²) in [6, 6.07) is 9.07. The molecule has 2 rings (SSSR count). The van der Waals surface area contributed by atoms with Crippen molar-refractivity contribution in [1.29, 1.82) is 0 Å². The Kier molecular flexibility index (Phi) is 15.0. The van der Waals surface area contributed by atoms with Crippen molar-refractivity contribution in [3.8, 4) is 0 Å². The van der Waals surface area contributed by atoms with Crippen LogP contribution in [0.3, 0.4) is 0 Å². The van der Waals surface area contributed by atoms with Crippen molar-refractivity contribution in [2.24, 2.45) is 0 Å². The van der Waals surface area contributed by atoms with Crippen molar-refractivity contribution in [2.75, 3.05) is 0 Å². The van der Waals surface area contributed by atoms with E-state index in [-0.39, 0.29) is 5.78 Å². The molecule has 0 fully saturated rings. The highest BCUT2D eigenvalue weighted by Gasteiger charge is 2.10. The number of aldehydes is 1. The predicted molar refractivity (Wildman–Crippen MR) is 95.3 cm³/mol. The molecule has 0 spiro atoms. The van der Waals surface area contributed by atoms with Crippen LogP contribution in [0.5, 0.6) is 0 Å². The SMILES string of the molecule is C=CC(=O)O.C=CC(=O)c1ccccc1.C=CC=O.O=C1C=CC(=O)O1. The van der Waals surface area contributed by atoms with Crippen molar-refractivity contribution in [3.05, 3.63) is 86.0 Å². The normalized spacial score (nSPS) is 10.2. The van der Waals surface area contributed by atoms with E-state index in [1.54, 1.807) is 12.1 Å². The quantitative estimate of drug-likeness (QED) is 0.289. The van der Waals surface area contributed by atoms with Crippen LogP contribution >= 0.6 is 0 Å². The number of hydrogen-bond acceptors (Lipinski definition) is 6. The van der Waals surface area contributed by atoms with Gasteiger partial charge in [-0.05, 0) is 12.2 Å². The van der Waals surface area contributed by atoms with Gasteiger partial charge >= 0.3 is 17.9 Å². The maximum atomic E-state index is 10.9. The summed E-state index contributed by atoms with van der Waals surface area (Å²) in [6.07, 6.45) is 6.15. The Balaban J connectivity index is 0. The molecule has 0 amide bonds. The summed E-state index contributed by atoms with van der Waals surface area (Å²) in [7, 11) is 0. The number of carboxylic acid groups (broad SMARTS) is 1. The molecule has 26 heavy (non-hydrogen) atoms.